The van der Waals surface area contributed by atoms with Gasteiger partial charge in [0.05, 0.1) is 0 Å². The van der Waals surface area contributed by atoms with Gasteiger partial charge in [0, 0.05) is 35.7 Å². The van der Waals surface area contributed by atoms with Crippen molar-refractivity contribution < 1.29 is 48.8 Å². The Hall–Kier alpha value is -2.83. The van der Waals surface area contributed by atoms with Gasteiger partial charge in [0.1, 0.15) is 34.6 Å². The molecule has 0 spiro atoms. The average molecular weight is 487 g/mol. The van der Waals surface area contributed by atoms with Crippen LogP contribution in [0.5, 0.6) is 0 Å². The molecule has 0 unspecified atom stereocenters. The molecule has 0 aliphatic heterocycles. The van der Waals surface area contributed by atoms with E-state index in [4.69, 9.17) is 4.74 Å². The van der Waals surface area contributed by atoms with Crippen LogP contribution < -0.4 is 4.53 Å². The van der Waals surface area contributed by atoms with E-state index >= 15 is 0 Å². The largest absolute Gasteiger partial charge is 0.459 e. The first-order valence-corrected chi connectivity index (χ1v) is 10.3. The zero-order valence-electron chi connectivity index (χ0n) is 16.8. The molecule has 0 aromatic heterocycles. The van der Waals surface area contributed by atoms with Gasteiger partial charge in [-0.25, -0.2) is 34.8 Å². The number of benzene rings is 2. The highest BCUT2D eigenvalue weighted by atomic mass is 32.2. The summed E-state index contributed by atoms with van der Waals surface area (Å²) in [6, 6.07) is 0.386. The average Bonchev–Trinajstić information content (AvgIpc) is 2.60. The SMILES string of the molecule is CC(C)(C)OC(=O)CS(=O)(=O)N(F)c1cc(F)c(Cc2c(F)cc(F)cc2F)c(F)c1F. The monoisotopic (exact) mass is 487 g/mol. The van der Waals surface area contributed by atoms with Gasteiger partial charge in [0.25, 0.3) is 10.0 Å². The third kappa shape index (κ3) is 5.69. The second-order valence-corrected chi connectivity index (χ2v) is 9.34. The van der Waals surface area contributed by atoms with Gasteiger partial charge in [-0.05, 0) is 20.8 Å². The lowest BCUT2D eigenvalue weighted by molar-refractivity contribution is -0.151. The van der Waals surface area contributed by atoms with Crippen molar-refractivity contribution >= 4 is 21.7 Å². The number of anilines is 1. The molecule has 5 nitrogen and oxygen atoms in total. The number of halogens is 7. The van der Waals surface area contributed by atoms with Gasteiger partial charge in [-0.2, -0.15) is 0 Å². The van der Waals surface area contributed by atoms with Crippen LogP contribution >= 0.6 is 0 Å². The van der Waals surface area contributed by atoms with Crippen molar-refractivity contribution in [2.45, 2.75) is 32.8 Å². The minimum absolute atomic E-state index is 0.0697. The first-order chi connectivity index (χ1) is 14.5. The van der Waals surface area contributed by atoms with Gasteiger partial charge >= 0.3 is 5.97 Å². The first kappa shape index (κ1) is 25.4. The van der Waals surface area contributed by atoms with Crippen molar-refractivity contribution in [3.63, 3.8) is 0 Å². The Morgan fingerprint density at radius 1 is 0.906 bits per heavy atom. The van der Waals surface area contributed by atoms with Gasteiger partial charge in [0.2, 0.25) is 0 Å². The molecule has 0 aliphatic rings. The number of hydrogen-bond acceptors (Lipinski definition) is 4. The first-order valence-electron chi connectivity index (χ1n) is 8.74. The Labute approximate surface area is 178 Å². The van der Waals surface area contributed by atoms with E-state index in [0.717, 1.165) is 0 Å². The van der Waals surface area contributed by atoms with Crippen LogP contribution in [0.4, 0.5) is 36.5 Å². The summed E-state index contributed by atoms with van der Waals surface area (Å²) in [6.07, 6.45) is -1.23. The van der Waals surface area contributed by atoms with Crippen LogP contribution in [-0.2, 0) is 26.0 Å². The van der Waals surface area contributed by atoms with E-state index < -0.39 is 90.0 Å². The molecule has 32 heavy (non-hydrogen) atoms. The van der Waals surface area contributed by atoms with Crippen molar-refractivity contribution in [1.29, 1.82) is 0 Å². The summed E-state index contributed by atoms with van der Waals surface area (Å²) in [4.78, 5) is 11.6. The van der Waals surface area contributed by atoms with Crippen LogP contribution in [0.1, 0.15) is 31.9 Å². The summed E-state index contributed by atoms with van der Waals surface area (Å²) in [5.74, 6) is -13.5. The minimum Gasteiger partial charge on any atom is -0.459 e. The maximum Gasteiger partial charge on any atom is 0.323 e. The van der Waals surface area contributed by atoms with Crippen molar-refractivity contribution in [1.82, 2.24) is 0 Å². The molecule has 2 aromatic rings. The van der Waals surface area contributed by atoms with Gasteiger partial charge in [-0.15, -0.1) is 0 Å². The highest BCUT2D eigenvalue weighted by molar-refractivity contribution is 7.93. The molecule has 176 valence electrons. The van der Waals surface area contributed by atoms with Crippen molar-refractivity contribution in [3.8, 4) is 0 Å². The maximum atomic E-state index is 14.4. The van der Waals surface area contributed by atoms with Gasteiger partial charge in [0.15, 0.2) is 17.4 Å². The standard InChI is InChI=1S/C19H16F7NO4S/c1-19(2,3)31-16(28)8-32(29,30)27(26)15-7-14(23)11(17(24)18(15)25)6-10-12(21)4-9(20)5-13(10)22/h4-5,7H,6,8H2,1-3H3. The Morgan fingerprint density at radius 3 is 1.91 bits per heavy atom. The quantitative estimate of drug-likeness (QED) is 0.261. The number of nitrogens with zero attached hydrogens (tertiary/aromatic N) is 1. The van der Waals surface area contributed by atoms with E-state index in [1.54, 1.807) is 0 Å². The van der Waals surface area contributed by atoms with E-state index in [-0.39, 0.29) is 18.2 Å². The van der Waals surface area contributed by atoms with Crippen LogP contribution in [0, 0.1) is 34.9 Å². The van der Waals surface area contributed by atoms with E-state index in [0.29, 0.717) is 0 Å². The number of ether oxygens (including phenoxy) is 1. The van der Waals surface area contributed by atoms with Crippen LogP contribution in [-0.4, -0.2) is 25.7 Å². The Balaban J connectivity index is 2.41. The summed E-state index contributed by atoms with van der Waals surface area (Å²) < 4.78 is 125. The second kappa shape index (κ2) is 8.96. The molecule has 0 amide bonds. The van der Waals surface area contributed by atoms with Gasteiger partial charge in [-0.1, -0.05) is 9.01 Å². The molecular weight excluding hydrogens is 471 g/mol. The summed E-state index contributed by atoms with van der Waals surface area (Å²) in [5, 5.41) is 0. The molecule has 2 aromatic carbocycles. The molecule has 0 N–H and O–H groups in total. The van der Waals surface area contributed by atoms with Crippen molar-refractivity contribution in [2.24, 2.45) is 0 Å². The summed E-state index contributed by atoms with van der Waals surface area (Å²) in [5.41, 5.74) is -5.16. The number of carbonyl (C=O) groups excluding carboxylic acids is 1. The Bertz CT molecular complexity index is 1140. The number of carbonyl (C=O) groups is 1. The zero-order chi connectivity index (χ0) is 24.6. The smallest absolute Gasteiger partial charge is 0.323 e. The lowest BCUT2D eigenvalue weighted by Crippen LogP contribution is -2.34. The molecule has 13 heteroatoms. The lowest BCUT2D eigenvalue weighted by Gasteiger charge is -2.21. The second-order valence-electron chi connectivity index (χ2n) is 7.57. The highest BCUT2D eigenvalue weighted by Crippen LogP contribution is 2.31. The zero-order valence-corrected chi connectivity index (χ0v) is 17.6. The normalized spacial score (nSPS) is 12.1. The molecule has 0 fully saturated rings. The molecule has 2 rings (SSSR count). The van der Waals surface area contributed by atoms with Gasteiger partial charge < -0.3 is 4.74 Å². The van der Waals surface area contributed by atoms with Gasteiger partial charge in [-0.3, -0.25) is 4.79 Å². The van der Waals surface area contributed by atoms with Crippen LogP contribution in [0.25, 0.3) is 0 Å². The third-order valence-electron chi connectivity index (χ3n) is 3.85. The molecule has 0 atom stereocenters. The number of sulfonamides is 1. The van der Waals surface area contributed by atoms with Crippen molar-refractivity contribution in [2.75, 3.05) is 10.3 Å². The minimum atomic E-state index is -5.27. The number of hydrogen-bond donors (Lipinski definition) is 0. The highest BCUT2D eigenvalue weighted by Gasteiger charge is 2.33. The van der Waals surface area contributed by atoms with Crippen molar-refractivity contribution in [3.05, 3.63) is 64.2 Å². The molecule has 0 saturated heterocycles. The molecule has 0 aliphatic carbocycles. The molecule has 0 radical (unpaired) electrons. The predicted octanol–water partition coefficient (Wildman–Crippen LogP) is 4.47. The topological polar surface area (TPSA) is 63.7 Å². The van der Waals surface area contributed by atoms with E-state index in [2.05, 4.69) is 0 Å². The predicted molar refractivity (Wildman–Crippen MR) is 98.7 cm³/mol. The summed E-state index contributed by atoms with van der Waals surface area (Å²) in [7, 11) is -5.27. The van der Waals surface area contributed by atoms with E-state index in [9.17, 15) is 44.0 Å². The molecule has 0 bridgehead atoms. The fraction of sp³-hybridized carbons (Fsp3) is 0.316. The molecule has 0 saturated carbocycles. The third-order valence-corrected chi connectivity index (χ3v) is 5.13. The van der Waals surface area contributed by atoms with Crippen LogP contribution in [0.3, 0.4) is 0 Å². The fourth-order valence-electron chi connectivity index (χ4n) is 2.55. The number of rotatable bonds is 6. The van der Waals surface area contributed by atoms with Crippen LogP contribution in [0.2, 0.25) is 0 Å². The van der Waals surface area contributed by atoms with Crippen LogP contribution in [0.15, 0.2) is 18.2 Å². The van der Waals surface area contributed by atoms with E-state index in [1.165, 1.54) is 20.8 Å². The summed E-state index contributed by atoms with van der Waals surface area (Å²) in [6.45, 7) is 4.17. The lowest BCUT2D eigenvalue weighted by atomic mass is 10.0. The number of esters is 1. The van der Waals surface area contributed by atoms with E-state index in [1.807, 2.05) is 0 Å². The Morgan fingerprint density at radius 2 is 1.41 bits per heavy atom. The Kier molecular flexibility index (Phi) is 7.12. The summed E-state index contributed by atoms with van der Waals surface area (Å²) >= 11 is 0. The maximum absolute atomic E-state index is 14.4. The fourth-order valence-corrected chi connectivity index (χ4v) is 3.46. The molecular formula is C19H16F7NO4S. The molecule has 0 heterocycles.